The van der Waals surface area contributed by atoms with Crippen LogP contribution in [0.4, 0.5) is 0 Å². The molecule has 0 spiro atoms. The van der Waals surface area contributed by atoms with E-state index in [1.54, 1.807) is 11.3 Å². The van der Waals surface area contributed by atoms with E-state index in [1.165, 1.54) is 15.5 Å². The summed E-state index contributed by atoms with van der Waals surface area (Å²) < 4.78 is 11.5. The van der Waals surface area contributed by atoms with Gasteiger partial charge in [-0.2, -0.15) is 10.5 Å². The predicted molar refractivity (Wildman–Crippen MR) is 286 cm³/mol. The molecule has 318 valence electrons. The fraction of sp³-hybridized carbons (Fsp3) is 0. The SMILES string of the molecule is N#Cc1c(-n2c3ccccc3c3ccccc32)c(C#N)c(-n2c3ccccc3c3cc4c(cc32)sc2ccccc24)c(-n2c3ccccc3c3ccccc32)c1-n1c2ccccc2c2ccccc21. The summed E-state index contributed by atoms with van der Waals surface area (Å²) in [6.07, 6.45) is 0. The molecule has 69 heavy (non-hydrogen) atoms. The van der Waals surface area contributed by atoms with Crippen LogP contribution >= 0.6 is 11.3 Å². The standard InChI is InChI=1S/C62H34N6S/c63-35-47-59(65-49-25-9-1-17-37(49)38-18-2-10-26-50(38)65)48(36-64)61(68-55-31-15-7-23-43(55)45-33-46-44-24-8-16-32-57(44)69-58(46)34-56(45)68)62(67-53-29-13-5-21-41(53)42-22-6-14-30-54(42)67)60(47)66-51-27-11-3-19-39(51)40-20-4-12-28-52(40)66/h1-34H. The van der Waals surface area contributed by atoms with Crippen molar-refractivity contribution in [3.05, 3.63) is 217 Å². The maximum atomic E-state index is 12.4. The Morgan fingerprint density at radius 3 is 0.957 bits per heavy atom. The minimum atomic E-state index is 0.387. The number of thiophene rings is 1. The Balaban J connectivity index is 1.28. The van der Waals surface area contributed by atoms with Crippen LogP contribution in [0.5, 0.6) is 0 Å². The highest BCUT2D eigenvalue weighted by molar-refractivity contribution is 7.25. The largest absolute Gasteiger partial charge is 0.306 e. The Morgan fingerprint density at radius 1 is 0.261 bits per heavy atom. The Labute approximate surface area is 397 Å². The molecule has 0 saturated carbocycles. The quantitative estimate of drug-likeness (QED) is 0.177. The zero-order valence-electron chi connectivity index (χ0n) is 36.7. The van der Waals surface area contributed by atoms with E-state index in [9.17, 15) is 10.5 Å². The Morgan fingerprint density at radius 2 is 0.565 bits per heavy atom. The smallest absolute Gasteiger partial charge is 0.104 e. The van der Waals surface area contributed by atoms with Crippen LogP contribution in [0.3, 0.4) is 0 Å². The topological polar surface area (TPSA) is 67.3 Å². The molecule has 7 heteroatoms. The van der Waals surface area contributed by atoms with Gasteiger partial charge >= 0.3 is 0 Å². The Kier molecular flexibility index (Phi) is 7.70. The van der Waals surface area contributed by atoms with Gasteiger partial charge < -0.3 is 18.3 Å². The number of benzene rings is 10. The lowest BCUT2D eigenvalue weighted by Gasteiger charge is -2.27. The van der Waals surface area contributed by atoms with Gasteiger partial charge in [-0.1, -0.05) is 146 Å². The van der Waals surface area contributed by atoms with E-state index < -0.39 is 0 Å². The molecule has 0 amide bonds. The minimum Gasteiger partial charge on any atom is -0.306 e. The molecule has 0 unspecified atom stereocenters. The molecule has 0 aliphatic heterocycles. The minimum absolute atomic E-state index is 0.387. The fourth-order valence-electron chi connectivity index (χ4n) is 11.7. The molecular formula is C62H34N6S. The van der Waals surface area contributed by atoms with Crippen LogP contribution in [0.1, 0.15) is 11.1 Å². The highest BCUT2D eigenvalue weighted by atomic mass is 32.1. The molecule has 0 radical (unpaired) electrons. The molecule has 15 rings (SSSR count). The maximum Gasteiger partial charge on any atom is 0.104 e. The van der Waals surface area contributed by atoms with Gasteiger partial charge in [0.2, 0.25) is 0 Å². The van der Waals surface area contributed by atoms with E-state index in [4.69, 9.17) is 0 Å². The molecule has 0 saturated heterocycles. The van der Waals surface area contributed by atoms with E-state index in [1.807, 2.05) is 12.1 Å². The zero-order valence-corrected chi connectivity index (χ0v) is 37.5. The van der Waals surface area contributed by atoms with E-state index in [0.717, 1.165) is 97.6 Å². The van der Waals surface area contributed by atoms with E-state index >= 15 is 0 Å². The lowest BCUT2D eigenvalue weighted by molar-refractivity contribution is 1.02. The van der Waals surface area contributed by atoms with Crippen LogP contribution in [0.15, 0.2) is 206 Å². The summed E-state index contributed by atoms with van der Waals surface area (Å²) in [5.74, 6) is 0. The molecule has 15 aromatic rings. The van der Waals surface area contributed by atoms with Crippen molar-refractivity contribution < 1.29 is 0 Å². The number of nitrogens with zero attached hydrogens (tertiary/aromatic N) is 6. The third-order valence-electron chi connectivity index (χ3n) is 14.4. The van der Waals surface area contributed by atoms with Gasteiger partial charge in [-0.05, 0) is 60.7 Å². The van der Waals surface area contributed by atoms with Crippen LogP contribution in [-0.2, 0) is 0 Å². The van der Waals surface area contributed by atoms with Crippen molar-refractivity contribution in [1.82, 2.24) is 18.3 Å². The third-order valence-corrected chi connectivity index (χ3v) is 15.6. The molecule has 0 aliphatic rings. The van der Waals surface area contributed by atoms with Gasteiger partial charge in [-0.25, -0.2) is 0 Å². The average molecular weight is 895 g/mol. The first-order valence-corrected chi connectivity index (χ1v) is 23.9. The highest BCUT2D eigenvalue weighted by Gasteiger charge is 2.34. The number of para-hydroxylation sites is 7. The van der Waals surface area contributed by atoms with Crippen molar-refractivity contribution in [2.75, 3.05) is 0 Å². The summed E-state index contributed by atoms with van der Waals surface area (Å²) in [7, 11) is 0. The Hall–Kier alpha value is -9.40. The first kappa shape index (κ1) is 37.8. The molecule has 0 bridgehead atoms. The number of hydrogen-bond acceptors (Lipinski definition) is 3. The number of rotatable bonds is 4. The van der Waals surface area contributed by atoms with Crippen molar-refractivity contribution in [2.45, 2.75) is 0 Å². The van der Waals surface area contributed by atoms with E-state index in [-0.39, 0.29) is 0 Å². The fourth-order valence-corrected chi connectivity index (χ4v) is 12.8. The van der Waals surface area contributed by atoms with Crippen molar-refractivity contribution in [3.63, 3.8) is 0 Å². The molecule has 10 aromatic carbocycles. The monoisotopic (exact) mass is 894 g/mol. The van der Waals surface area contributed by atoms with Gasteiger partial charge in [0.1, 0.15) is 23.3 Å². The van der Waals surface area contributed by atoms with Crippen molar-refractivity contribution in [1.29, 1.82) is 10.5 Å². The molecule has 0 atom stereocenters. The lowest BCUT2D eigenvalue weighted by atomic mass is 9.98. The number of aromatic nitrogens is 4. The van der Waals surface area contributed by atoms with Crippen molar-refractivity contribution in [3.8, 4) is 34.9 Å². The van der Waals surface area contributed by atoms with Gasteiger partial charge in [0, 0.05) is 63.3 Å². The maximum absolute atomic E-state index is 12.4. The summed E-state index contributed by atoms with van der Waals surface area (Å²) in [5, 5.41) is 35.6. The second kappa shape index (κ2) is 14.1. The lowest BCUT2D eigenvalue weighted by Crippen LogP contribution is -2.16. The second-order valence-corrected chi connectivity index (χ2v) is 18.9. The highest BCUT2D eigenvalue weighted by Crippen LogP contribution is 2.49. The average Bonchev–Trinajstić information content (AvgIpc) is 4.20. The predicted octanol–water partition coefficient (Wildman–Crippen LogP) is 16.2. The van der Waals surface area contributed by atoms with Crippen LogP contribution in [0.25, 0.3) is 130 Å². The number of fused-ring (bicyclic) bond motifs is 15. The summed E-state index contributed by atoms with van der Waals surface area (Å²) in [4.78, 5) is 0. The van der Waals surface area contributed by atoms with E-state index in [0.29, 0.717) is 28.2 Å². The van der Waals surface area contributed by atoms with Gasteiger partial charge in [0.05, 0.1) is 66.9 Å². The summed E-state index contributed by atoms with van der Waals surface area (Å²) in [6, 6.07) is 78.3. The van der Waals surface area contributed by atoms with E-state index in [2.05, 4.69) is 225 Å². The number of nitriles is 2. The third kappa shape index (κ3) is 4.96. The van der Waals surface area contributed by atoms with Crippen LogP contribution < -0.4 is 0 Å². The molecule has 5 aromatic heterocycles. The van der Waals surface area contributed by atoms with Crippen molar-refractivity contribution >= 4 is 119 Å². The second-order valence-electron chi connectivity index (χ2n) is 17.8. The first-order chi connectivity index (χ1) is 34.2. The van der Waals surface area contributed by atoms with Gasteiger partial charge in [-0.15, -0.1) is 11.3 Å². The summed E-state index contributed by atoms with van der Waals surface area (Å²) >= 11 is 1.79. The first-order valence-electron chi connectivity index (χ1n) is 23.1. The van der Waals surface area contributed by atoms with Gasteiger partial charge in [-0.3, -0.25) is 0 Å². The summed E-state index contributed by atoms with van der Waals surface area (Å²) in [5.41, 5.74) is 11.0. The molecule has 5 heterocycles. The molecule has 0 fully saturated rings. The van der Waals surface area contributed by atoms with Crippen molar-refractivity contribution in [2.24, 2.45) is 0 Å². The molecule has 0 aliphatic carbocycles. The van der Waals surface area contributed by atoms with Crippen LogP contribution in [-0.4, -0.2) is 18.3 Å². The van der Waals surface area contributed by atoms with Gasteiger partial charge in [0.15, 0.2) is 0 Å². The summed E-state index contributed by atoms with van der Waals surface area (Å²) in [6.45, 7) is 0. The number of hydrogen-bond donors (Lipinski definition) is 0. The molecule has 0 N–H and O–H groups in total. The normalized spacial score (nSPS) is 12.0. The molecular weight excluding hydrogens is 861 g/mol. The Bertz CT molecular complexity index is 4660. The molecule has 6 nitrogen and oxygen atoms in total. The van der Waals surface area contributed by atoms with Crippen LogP contribution in [0.2, 0.25) is 0 Å². The zero-order chi connectivity index (χ0) is 45.5. The van der Waals surface area contributed by atoms with Crippen LogP contribution in [0, 0.1) is 22.7 Å². The van der Waals surface area contributed by atoms with Gasteiger partial charge in [0.25, 0.3) is 0 Å².